The number of ether oxygens (including phenoxy) is 2. The van der Waals surface area contributed by atoms with Gasteiger partial charge in [-0.2, -0.15) is 0 Å². The first-order valence-electron chi connectivity index (χ1n) is 14.0. The predicted octanol–water partition coefficient (Wildman–Crippen LogP) is 5.16. The van der Waals surface area contributed by atoms with Gasteiger partial charge < -0.3 is 14.6 Å². The van der Waals surface area contributed by atoms with E-state index in [1.54, 1.807) is 32.4 Å². The number of nitrogens with zero attached hydrogens (tertiary/aromatic N) is 2. The Labute approximate surface area is 238 Å². The Hall–Kier alpha value is -2.19. The molecule has 5 atom stereocenters. The van der Waals surface area contributed by atoms with Crippen LogP contribution in [0.1, 0.15) is 48.8 Å². The first kappa shape index (κ1) is 25.8. The maximum atomic E-state index is 13.7. The van der Waals surface area contributed by atoms with Crippen LogP contribution in [-0.4, -0.2) is 66.5 Å². The Morgan fingerprint density at radius 1 is 1.18 bits per heavy atom. The zero-order chi connectivity index (χ0) is 27.1. The van der Waals surface area contributed by atoms with Gasteiger partial charge in [0.25, 0.3) is 5.91 Å². The monoisotopic (exact) mass is 572 g/mol. The number of benzene rings is 2. The summed E-state index contributed by atoms with van der Waals surface area (Å²) in [6, 6.07) is 7.03. The van der Waals surface area contributed by atoms with Crippen LogP contribution in [0.15, 0.2) is 24.3 Å². The number of phenolic OH excluding ortho intramolecular Hbond substituents is 1. The van der Waals surface area contributed by atoms with Gasteiger partial charge in [-0.1, -0.05) is 29.3 Å². The minimum Gasteiger partial charge on any atom is -0.508 e. The van der Waals surface area contributed by atoms with Crippen LogP contribution in [0.25, 0.3) is 0 Å². The van der Waals surface area contributed by atoms with Crippen molar-refractivity contribution in [3.05, 3.63) is 51.0 Å². The lowest BCUT2D eigenvalue weighted by atomic mass is 9.51. The molecule has 3 fully saturated rings. The van der Waals surface area contributed by atoms with Gasteiger partial charge in [-0.15, -0.1) is 0 Å². The number of aromatic hydroxyl groups is 1. The largest absolute Gasteiger partial charge is 0.508 e. The van der Waals surface area contributed by atoms with E-state index < -0.39 is 0 Å². The van der Waals surface area contributed by atoms with Gasteiger partial charge in [-0.3, -0.25) is 14.5 Å². The van der Waals surface area contributed by atoms with Gasteiger partial charge in [0.1, 0.15) is 11.9 Å². The van der Waals surface area contributed by atoms with E-state index in [-0.39, 0.29) is 35.6 Å². The molecule has 2 aromatic rings. The quantitative estimate of drug-likeness (QED) is 0.462. The summed E-state index contributed by atoms with van der Waals surface area (Å²) in [7, 11) is 3.17. The van der Waals surface area contributed by atoms with Gasteiger partial charge in [0, 0.05) is 35.2 Å². The highest BCUT2D eigenvalue weighted by atomic mass is 35.5. The molecule has 2 aromatic carbocycles. The van der Waals surface area contributed by atoms with Crippen LogP contribution in [0, 0.1) is 11.8 Å². The summed E-state index contributed by atoms with van der Waals surface area (Å²) in [4.78, 5) is 22.2. The van der Waals surface area contributed by atoms with Crippen molar-refractivity contribution in [2.75, 3.05) is 27.3 Å². The number of methoxy groups -OCH3 is 1. The van der Waals surface area contributed by atoms with Crippen molar-refractivity contribution in [3.63, 3.8) is 0 Å². The number of hydrogen-bond donors (Lipinski definition) is 1. The fourth-order valence-corrected chi connectivity index (χ4v) is 8.55. The molecule has 1 amide bonds. The number of carbonyl (C=O) groups is 1. The number of rotatable bonds is 7. The maximum Gasteiger partial charge on any atom is 0.250 e. The minimum atomic E-state index is -0.302. The van der Waals surface area contributed by atoms with Crippen molar-refractivity contribution >= 4 is 29.1 Å². The molecule has 7 nitrogen and oxygen atoms in total. The third kappa shape index (κ3) is 3.87. The zero-order valence-electron chi connectivity index (χ0n) is 22.3. The van der Waals surface area contributed by atoms with Gasteiger partial charge in [0.2, 0.25) is 0 Å². The Morgan fingerprint density at radius 3 is 2.72 bits per heavy atom. The van der Waals surface area contributed by atoms with Gasteiger partial charge in [0.05, 0.1) is 36.7 Å². The second-order valence-electron chi connectivity index (χ2n) is 11.9. The number of likely N-dealkylation sites (tertiary alicyclic amines) is 1. The highest BCUT2D eigenvalue weighted by Gasteiger charge is 2.67. The molecular weight excluding hydrogens is 539 g/mol. The Morgan fingerprint density at radius 2 is 2.00 bits per heavy atom. The van der Waals surface area contributed by atoms with Crippen LogP contribution >= 0.6 is 23.2 Å². The molecule has 2 saturated carbocycles. The van der Waals surface area contributed by atoms with Crippen molar-refractivity contribution in [1.29, 1.82) is 0 Å². The van der Waals surface area contributed by atoms with Gasteiger partial charge in [-0.25, -0.2) is 5.06 Å². The second kappa shape index (κ2) is 9.44. The summed E-state index contributed by atoms with van der Waals surface area (Å²) in [6.45, 7) is 2.13. The van der Waals surface area contributed by atoms with Crippen molar-refractivity contribution in [2.24, 2.45) is 11.8 Å². The van der Waals surface area contributed by atoms with Crippen LogP contribution in [0.5, 0.6) is 17.2 Å². The Bertz CT molecular complexity index is 1330. The fourth-order valence-electron chi connectivity index (χ4n) is 8.23. The molecule has 3 aliphatic carbocycles. The fraction of sp³-hybridized carbons (Fsp3) is 0.567. The number of phenols is 1. The van der Waals surface area contributed by atoms with E-state index in [0.29, 0.717) is 27.8 Å². The number of halogens is 2. The SMILES string of the molecule is COc1cc(O)c2c3c1O[C@H]1[C@@H](N(OC)C(=O)Cc4ccc(Cl)c(Cl)c4)CC[C@H]4[C@@H](C2)N(CC2CC2)CC[C@@]341. The Balaban J connectivity index is 1.27. The third-order valence-corrected chi connectivity index (χ3v) is 10.7. The molecule has 7 rings (SSSR count). The van der Waals surface area contributed by atoms with E-state index in [2.05, 4.69) is 4.90 Å². The van der Waals surface area contributed by atoms with Crippen LogP contribution < -0.4 is 9.47 Å². The van der Waals surface area contributed by atoms with Crippen LogP contribution in [0.4, 0.5) is 0 Å². The van der Waals surface area contributed by atoms with Crippen LogP contribution in [-0.2, 0) is 27.9 Å². The van der Waals surface area contributed by atoms with E-state index in [9.17, 15) is 9.90 Å². The zero-order valence-corrected chi connectivity index (χ0v) is 23.8. The molecule has 2 bridgehead atoms. The van der Waals surface area contributed by atoms with E-state index in [0.717, 1.165) is 67.1 Å². The molecular formula is C30H34Cl2N2O5. The maximum absolute atomic E-state index is 13.7. The van der Waals surface area contributed by atoms with E-state index in [1.807, 2.05) is 6.07 Å². The molecule has 0 unspecified atom stereocenters. The average Bonchev–Trinajstić information content (AvgIpc) is 3.67. The first-order valence-corrected chi connectivity index (χ1v) is 14.8. The highest BCUT2D eigenvalue weighted by Crippen LogP contribution is 2.65. The number of hydrogen-bond acceptors (Lipinski definition) is 6. The molecule has 39 heavy (non-hydrogen) atoms. The molecule has 0 radical (unpaired) electrons. The predicted molar refractivity (Wildman–Crippen MR) is 148 cm³/mol. The summed E-state index contributed by atoms with van der Waals surface area (Å²) < 4.78 is 12.6. The molecule has 9 heteroatoms. The lowest BCUT2D eigenvalue weighted by molar-refractivity contribution is -0.212. The summed E-state index contributed by atoms with van der Waals surface area (Å²) >= 11 is 12.3. The standard InChI is InChI=1S/C30H34Cl2N2O5/c1-37-25-14-24(35)18-13-23-19-6-8-22(34(38-2)26(36)12-17-5-7-20(31)21(32)11-17)29-30(19,27(18)28(25)39-29)9-10-33(23)15-16-3-4-16/h5,7,11,14,16,19,22-23,29,35H,3-4,6,8-10,12-13,15H2,1-2H3/t19-,22-,23+,29-,30-/m0/s1. The Kier molecular flexibility index (Phi) is 6.23. The lowest BCUT2D eigenvalue weighted by Crippen LogP contribution is -2.69. The molecule has 5 aliphatic rings. The molecule has 2 heterocycles. The van der Waals surface area contributed by atoms with E-state index >= 15 is 0 Å². The highest BCUT2D eigenvalue weighted by molar-refractivity contribution is 6.42. The summed E-state index contributed by atoms with van der Waals surface area (Å²) in [5, 5.41) is 13.6. The number of piperidine rings is 1. The van der Waals surface area contributed by atoms with Crippen molar-refractivity contribution in [1.82, 2.24) is 9.96 Å². The van der Waals surface area contributed by atoms with E-state index in [1.165, 1.54) is 17.9 Å². The number of hydroxylamine groups is 2. The topological polar surface area (TPSA) is 71.5 Å². The molecule has 1 saturated heterocycles. The summed E-state index contributed by atoms with van der Waals surface area (Å²) in [5.74, 6) is 2.61. The van der Waals surface area contributed by atoms with Crippen LogP contribution in [0.2, 0.25) is 10.0 Å². The summed E-state index contributed by atoms with van der Waals surface area (Å²) in [6.07, 6.45) is 5.99. The second-order valence-corrected chi connectivity index (χ2v) is 12.7. The molecule has 2 aliphatic heterocycles. The lowest BCUT2D eigenvalue weighted by Gasteiger charge is -2.60. The summed E-state index contributed by atoms with van der Waals surface area (Å²) in [5.41, 5.74) is 2.57. The van der Waals surface area contributed by atoms with Crippen molar-refractivity contribution < 1.29 is 24.2 Å². The molecule has 1 spiro atoms. The first-order chi connectivity index (χ1) is 18.8. The minimum absolute atomic E-state index is 0.143. The van der Waals surface area contributed by atoms with Gasteiger partial charge >= 0.3 is 0 Å². The van der Waals surface area contributed by atoms with Gasteiger partial charge in [-0.05, 0) is 74.6 Å². The van der Waals surface area contributed by atoms with Gasteiger partial charge in [0.15, 0.2) is 11.5 Å². The van der Waals surface area contributed by atoms with Crippen molar-refractivity contribution in [2.45, 2.75) is 68.5 Å². The number of amides is 1. The van der Waals surface area contributed by atoms with Crippen molar-refractivity contribution in [3.8, 4) is 17.2 Å². The normalized spacial score (nSPS) is 30.5. The molecule has 0 aromatic heterocycles. The average molecular weight is 574 g/mol. The molecule has 208 valence electrons. The van der Waals surface area contributed by atoms with E-state index in [4.69, 9.17) is 37.5 Å². The molecule has 1 N–H and O–H groups in total. The third-order valence-electron chi connectivity index (χ3n) is 9.98. The smallest absolute Gasteiger partial charge is 0.250 e. The number of carbonyl (C=O) groups excluding carboxylic acids is 1. The van der Waals surface area contributed by atoms with Crippen LogP contribution in [0.3, 0.4) is 0 Å².